The summed E-state index contributed by atoms with van der Waals surface area (Å²) in [6.07, 6.45) is -4.14. The van der Waals surface area contributed by atoms with Gasteiger partial charge in [0, 0.05) is 12.0 Å². The number of carbonyl (C=O) groups is 2. The smallest absolute Gasteiger partial charge is 0.368 e. The second-order valence-electron chi connectivity index (χ2n) is 6.35. The van der Waals surface area contributed by atoms with Crippen LogP contribution in [0.25, 0.3) is 11.1 Å². The summed E-state index contributed by atoms with van der Waals surface area (Å²) in [5, 5.41) is 2.90. The maximum atomic E-state index is 13.0. The first-order valence-electron chi connectivity index (χ1n) is 8.08. The van der Waals surface area contributed by atoms with Gasteiger partial charge in [-0.05, 0) is 36.2 Å². The van der Waals surface area contributed by atoms with Crippen molar-refractivity contribution in [2.75, 3.05) is 6.54 Å². The maximum Gasteiger partial charge on any atom is 0.416 e. The molecule has 0 aliphatic carbocycles. The van der Waals surface area contributed by atoms with Gasteiger partial charge in [-0.3, -0.25) is 9.59 Å². The van der Waals surface area contributed by atoms with E-state index < -0.39 is 23.2 Å². The molecular weight excluding hydrogens is 345 g/mol. The second kappa shape index (κ2) is 6.57. The fraction of sp³-hybridized carbons (Fsp3) is 0.263. The van der Waals surface area contributed by atoms with E-state index in [4.69, 9.17) is 5.73 Å². The quantitative estimate of drug-likeness (QED) is 0.803. The normalized spacial score (nSPS) is 19.7. The lowest BCUT2D eigenvalue weighted by Crippen LogP contribution is -2.65. The molecule has 3 rings (SSSR count). The molecule has 0 spiro atoms. The molecule has 1 amide bonds. The molecule has 0 aromatic heterocycles. The van der Waals surface area contributed by atoms with Gasteiger partial charge in [0.05, 0.1) is 5.56 Å². The predicted molar refractivity (Wildman–Crippen MR) is 90.4 cm³/mol. The Morgan fingerprint density at radius 1 is 1.12 bits per heavy atom. The van der Waals surface area contributed by atoms with Crippen LogP contribution in [0.3, 0.4) is 0 Å². The van der Waals surface area contributed by atoms with Gasteiger partial charge in [0.15, 0.2) is 5.78 Å². The van der Waals surface area contributed by atoms with E-state index in [1.165, 1.54) is 12.1 Å². The van der Waals surface area contributed by atoms with Gasteiger partial charge in [-0.15, -0.1) is 0 Å². The van der Waals surface area contributed by atoms with E-state index in [2.05, 4.69) is 5.32 Å². The van der Waals surface area contributed by atoms with Gasteiger partial charge in [-0.25, -0.2) is 0 Å². The number of primary amides is 1. The van der Waals surface area contributed by atoms with Crippen molar-refractivity contribution in [1.29, 1.82) is 0 Å². The molecule has 7 heteroatoms. The van der Waals surface area contributed by atoms with E-state index in [0.717, 1.165) is 12.1 Å². The highest BCUT2D eigenvalue weighted by molar-refractivity contribution is 6.05. The van der Waals surface area contributed by atoms with Crippen molar-refractivity contribution in [2.24, 2.45) is 5.73 Å². The molecule has 3 N–H and O–H groups in total. The first-order chi connectivity index (χ1) is 12.2. The lowest BCUT2D eigenvalue weighted by atomic mass is 9.80. The maximum absolute atomic E-state index is 13.0. The van der Waals surface area contributed by atoms with Crippen molar-refractivity contribution in [3.63, 3.8) is 0 Å². The van der Waals surface area contributed by atoms with Gasteiger partial charge in [0.2, 0.25) is 5.91 Å². The first kappa shape index (κ1) is 18.1. The minimum absolute atomic E-state index is 0.127. The Labute approximate surface area is 148 Å². The number of Topliss-reactive ketones (excluding diaryl/α,β-unsaturated/α-hetero) is 1. The van der Waals surface area contributed by atoms with Crippen LogP contribution < -0.4 is 11.1 Å². The lowest BCUT2D eigenvalue weighted by molar-refractivity contribution is -0.137. The van der Waals surface area contributed by atoms with E-state index in [1.807, 2.05) is 0 Å². The average Bonchev–Trinajstić information content (AvgIpc) is 2.57. The number of carbonyl (C=O) groups excluding carboxylic acids is 2. The highest BCUT2D eigenvalue weighted by Crippen LogP contribution is 2.34. The summed E-state index contributed by atoms with van der Waals surface area (Å²) in [6.45, 7) is 0.589. The molecule has 1 aliphatic heterocycles. The molecule has 2 aromatic rings. The van der Waals surface area contributed by atoms with Crippen LogP contribution in [0.5, 0.6) is 0 Å². The summed E-state index contributed by atoms with van der Waals surface area (Å²) in [4.78, 5) is 24.4. The number of hydrogen-bond acceptors (Lipinski definition) is 3. The number of halogens is 3. The molecule has 2 aromatic carbocycles. The zero-order valence-electron chi connectivity index (χ0n) is 13.8. The molecular formula is C19H17F3N2O2. The van der Waals surface area contributed by atoms with Gasteiger partial charge < -0.3 is 11.1 Å². The van der Waals surface area contributed by atoms with Crippen molar-refractivity contribution < 1.29 is 22.8 Å². The zero-order valence-corrected chi connectivity index (χ0v) is 13.8. The van der Waals surface area contributed by atoms with Gasteiger partial charge in [0.25, 0.3) is 0 Å². The van der Waals surface area contributed by atoms with Crippen LogP contribution in [0.2, 0.25) is 0 Å². The number of nitrogens with one attached hydrogen (secondary N) is 1. The molecule has 0 bridgehead atoms. The molecule has 1 fully saturated rings. The van der Waals surface area contributed by atoms with E-state index in [9.17, 15) is 22.8 Å². The Kier molecular flexibility index (Phi) is 4.58. The molecule has 136 valence electrons. The Bertz CT molecular complexity index is 858. The van der Waals surface area contributed by atoms with E-state index in [1.54, 1.807) is 24.3 Å². The highest BCUT2D eigenvalue weighted by Gasteiger charge is 2.44. The van der Waals surface area contributed by atoms with Crippen LogP contribution in [0.4, 0.5) is 13.2 Å². The molecule has 0 saturated carbocycles. The first-order valence-corrected chi connectivity index (χ1v) is 8.08. The van der Waals surface area contributed by atoms with Crippen molar-refractivity contribution in [1.82, 2.24) is 5.32 Å². The third-order valence-electron chi connectivity index (χ3n) is 4.68. The zero-order chi connectivity index (χ0) is 18.9. The Morgan fingerprint density at radius 3 is 2.38 bits per heavy atom. The molecule has 0 radical (unpaired) electrons. The molecule has 1 aliphatic rings. The summed E-state index contributed by atoms with van der Waals surface area (Å²) in [5.74, 6) is -0.947. The summed E-state index contributed by atoms with van der Waals surface area (Å²) in [5.41, 5.74) is 4.49. The number of alkyl halides is 3. The summed E-state index contributed by atoms with van der Waals surface area (Å²) in [7, 11) is 0. The third kappa shape index (κ3) is 3.35. The second-order valence-corrected chi connectivity index (χ2v) is 6.35. The van der Waals surface area contributed by atoms with Gasteiger partial charge in [0.1, 0.15) is 5.54 Å². The Hall–Kier alpha value is -2.67. The van der Waals surface area contributed by atoms with Crippen molar-refractivity contribution in [2.45, 2.75) is 24.6 Å². The largest absolute Gasteiger partial charge is 0.416 e. The average molecular weight is 362 g/mol. The van der Waals surface area contributed by atoms with Crippen molar-refractivity contribution in [3.8, 4) is 11.1 Å². The minimum Gasteiger partial charge on any atom is -0.368 e. The van der Waals surface area contributed by atoms with Crippen LogP contribution >= 0.6 is 0 Å². The third-order valence-corrected chi connectivity index (χ3v) is 4.68. The Balaban J connectivity index is 1.97. The number of benzene rings is 2. The lowest BCUT2D eigenvalue weighted by Gasteiger charge is -2.39. The van der Waals surface area contributed by atoms with E-state index in [0.29, 0.717) is 24.1 Å². The van der Waals surface area contributed by atoms with Gasteiger partial charge in [-0.1, -0.05) is 36.4 Å². The van der Waals surface area contributed by atoms with E-state index >= 15 is 0 Å². The van der Waals surface area contributed by atoms with Crippen LogP contribution in [0, 0.1) is 0 Å². The number of amides is 1. The molecule has 26 heavy (non-hydrogen) atoms. The van der Waals surface area contributed by atoms with E-state index in [-0.39, 0.29) is 17.8 Å². The SMILES string of the molecule is NC(=O)C1(CC(=O)c2ccccc2-c2cccc(C(F)(F)F)c2)CCN1. The molecule has 1 heterocycles. The molecule has 1 saturated heterocycles. The number of rotatable bonds is 5. The standard InChI is InChI=1S/C19H17F3N2O2/c20-19(21,22)13-5-3-4-12(10-13)14-6-1-2-7-15(14)16(25)11-18(17(23)26)8-9-24-18/h1-7,10,24H,8-9,11H2,(H2,23,26). The topological polar surface area (TPSA) is 72.2 Å². The Morgan fingerprint density at radius 2 is 1.81 bits per heavy atom. The predicted octanol–water partition coefficient (Wildman–Crippen LogP) is 3.16. The van der Waals surface area contributed by atoms with Crippen LogP contribution in [0.15, 0.2) is 48.5 Å². The van der Waals surface area contributed by atoms with Gasteiger partial charge >= 0.3 is 6.18 Å². The van der Waals surface area contributed by atoms with Crippen molar-refractivity contribution in [3.05, 3.63) is 59.7 Å². The van der Waals surface area contributed by atoms with Crippen LogP contribution in [0.1, 0.15) is 28.8 Å². The fourth-order valence-corrected chi connectivity index (χ4v) is 3.09. The summed E-state index contributed by atoms with van der Waals surface area (Å²) < 4.78 is 38.9. The molecule has 1 unspecified atom stereocenters. The number of ketones is 1. The monoisotopic (exact) mass is 362 g/mol. The molecule has 4 nitrogen and oxygen atoms in total. The fourth-order valence-electron chi connectivity index (χ4n) is 3.09. The summed E-state index contributed by atoms with van der Waals surface area (Å²) >= 11 is 0. The van der Waals surface area contributed by atoms with Crippen molar-refractivity contribution >= 4 is 11.7 Å². The van der Waals surface area contributed by atoms with Gasteiger partial charge in [-0.2, -0.15) is 13.2 Å². The number of hydrogen-bond donors (Lipinski definition) is 2. The highest BCUT2D eigenvalue weighted by atomic mass is 19.4. The van der Waals surface area contributed by atoms with Crippen LogP contribution in [-0.4, -0.2) is 23.8 Å². The van der Waals surface area contributed by atoms with Crippen LogP contribution in [-0.2, 0) is 11.0 Å². The minimum atomic E-state index is -4.47. The molecule has 1 atom stereocenters. The number of nitrogens with two attached hydrogens (primary N) is 1. The summed E-state index contributed by atoms with van der Waals surface area (Å²) in [6, 6.07) is 11.2.